The maximum Gasteiger partial charge on any atom is 0.338 e. The Morgan fingerprint density at radius 3 is 2.62 bits per heavy atom. The maximum absolute atomic E-state index is 14.0. The SMILES string of the molecule is CCOC(=O)C1=C(C)N=c2s/c(=C\c3cccc4ccccc34)c(=O)n2[C@H]1c1cc(OC)ccc1OC. The molecule has 1 atom stereocenters. The molecule has 0 unspecified atom stereocenters. The molecule has 0 saturated heterocycles. The third-order valence-corrected chi connectivity index (χ3v) is 7.34. The summed E-state index contributed by atoms with van der Waals surface area (Å²) >= 11 is 1.29. The van der Waals surface area contributed by atoms with Gasteiger partial charge in [0.15, 0.2) is 4.80 Å². The van der Waals surface area contributed by atoms with Gasteiger partial charge in [0.2, 0.25) is 0 Å². The number of benzene rings is 3. The van der Waals surface area contributed by atoms with Crippen LogP contribution in [0.2, 0.25) is 0 Å². The smallest absolute Gasteiger partial charge is 0.338 e. The van der Waals surface area contributed by atoms with Crippen molar-refractivity contribution in [3.8, 4) is 11.5 Å². The molecule has 0 N–H and O–H groups in total. The number of hydrogen-bond acceptors (Lipinski definition) is 7. The van der Waals surface area contributed by atoms with Crippen molar-refractivity contribution in [1.29, 1.82) is 0 Å². The van der Waals surface area contributed by atoms with Crippen LogP contribution in [0.1, 0.15) is 31.0 Å². The molecule has 0 radical (unpaired) electrons. The second-order valence-corrected chi connectivity index (χ2v) is 9.49. The first-order chi connectivity index (χ1) is 18.0. The number of esters is 1. The number of nitrogens with zero attached hydrogens (tertiary/aromatic N) is 2. The van der Waals surface area contributed by atoms with Crippen LogP contribution in [0.15, 0.2) is 81.7 Å². The summed E-state index contributed by atoms with van der Waals surface area (Å²) in [6.07, 6.45) is 1.88. The van der Waals surface area contributed by atoms with E-state index < -0.39 is 12.0 Å². The average molecular weight is 515 g/mol. The first-order valence-corrected chi connectivity index (χ1v) is 12.7. The zero-order valence-electron chi connectivity index (χ0n) is 21.0. The van der Waals surface area contributed by atoms with Gasteiger partial charge in [-0.3, -0.25) is 9.36 Å². The Morgan fingerprint density at radius 2 is 1.86 bits per heavy atom. The summed E-state index contributed by atoms with van der Waals surface area (Å²) in [5, 5.41) is 2.13. The van der Waals surface area contributed by atoms with Gasteiger partial charge in [0.25, 0.3) is 5.56 Å². The molecule has 0 amide bonds. The van der Waals surface area contributed by atoms with Crippen LogP contribution in [-0.2, 0) is 9.53 Å². The topological polar surface area (TPSA) is 79.1 Å². The van der Waals surface area contributed by atoms with Crippen molar-refractivity contribution in [2.24, 2.45) is 4.99 Å². The quantitative estimate of drug-likeness (QED) is 0.364. The van der Waals surface area contributed by atoms with Crippen LogP contribution < -0.4 is 24.4 Å². The summed E-state index contributed by atoms with van der Waals surface area (Å²) in [6.45, 7) is 3.70. The average Bonchev–Trinajstić information content (AvgIpc) is 3.21. The third kappa shape index (κ3) is 4.34. The molecule has 0 spiro atoms. The predicted molar refractivity (Wildman–Crippen MR) is 144 cm³/mol. The second kappa shape index (κ2) is 10.1. The molecule has 7 nitrogen and oxygen atoms in total. The minimum atomic E-state index is -0.796. The van der Waals surface area contributed by atoms with Crippen LogP contribution in [0, 0.1) is 0 Å². The Kier molecular flexibility index (Phi) is 6.67. The summed E-state index contributed by atoms with van der Waals surface area (Å²) in [6, 6.07) is 18.6. The number of fused-ring (bicyclic) bond motifs is 2. The number of methoxy groups -OCH3 is 2. The zero-order chi connectivity index (χ0) is 26.1. The number of carbonyl (C=O) groups excluding carboxylic acids is 1. The fraction of sp³-hybridized carbons (Fsp3) is 0.207. The molecule has 3 aromatic carbocycles. The summed E-state index contributed by atoms with van der Waals surface area (Å²) in [5.41, 5.74) is 2.07. The Bertz CT molecular complexity index is 1730. The highest BCUT2D eigenvalue weighted by Gasteiger charge is 2.35. The second-order valence-electron chi connectivity index (χ2n) is 8.48. The highest BCUT2D eigenvalue weighted by Crippen LogP contribution is 2.37. The number of hydrogen-bond donors (Lipinski definition) is 0. The molecular weight excluding hydrogens is 488 g/mol. The molecule has 0 saturated carbocycles. The lowest BCUT2D eigenvalue weighted by molar-refractivity contribution is -0.139. The first-order valence-electron chi connectivity index (χ1n) is 11.9. The van der Waals surface area contributed by atoms with Gasteiger partial charge in [-0.25, -0.2) is 9.79 Å². The van der Waals surface area contributed by atoms with Crippen molar-refractivity contribution in [3.05, 3.63) is 103 Å². The number of thiazole rings is 1. The van der Waals surface area contributed by atoms with Gasteiger partial charge in [0.1, 0.15) is 17.5 Å². The van der Waals surface area contributed by atoms with Crippen molar-refractivity contribution in [3.63, 3.8) is 0 Å². The molecule has 2 heterocycles. The summed E-state index contributed by atoms with van der Waals surface area (Å²) in [7, 11) is 3.12. The van der Waals surface area contributed by atoms with Crippen molar-refractivity contribution < 1.29 is 19.0 Å². The van der Waals surface area contributed by atoms with Crippen LogP contribution >= 0.6 is 11.3 Å². The normalized spacial score (nSPS) is 15.4. The lowest BCUT2D eigenvalue weighted by Gasteiger charge is -2.26. The van der Waals surface area contributed by atoms with Crippen molar-refractivity contribution in [2.45, 2.75) is 19.9 Å². The molecular formula is C29H26N2O5S. The highest BCUT2D eigenvalue weighted by atomic mass is 32.1. The molecule has 0 aliphatic carbocycles. The van der Waals surface area contributed by atoms with E-state index in [0.29, 0.717) is 32.1 Å². The Morgan fingerprint density at radius 1 is 1.08 bits per heavy atom. The Labute approximate surface area is 217 Å². The lowest BCUT2D eigenvalue weighted by atomic mass is 9.94. The van der Waals surface area contributed by atoms with Crippen LogP contribution in [-0.4, -0.2) is 31.4 Å². The van der Waals surface area contributed by atoms with Crippen molar-refractivity contribution in [1.82, 2.24) is 4.57 Å². The maximum atomic E-state index is 14.0. The summed E-state index contributed by atoms with van der Waals surface area (Å²) in [4.78, 5) is 32.3. The van der Waals surface area contributed by atoms with Crippen LogP contribution in [0.25, 0.3) is 16.8 Å². The van der Waals surface area contributed by atoms with E-state index in [4.69, 9.17) is 14.2 Å². The molecule has 4 aromatic rings. The molecule has 1 aliphatic rings. The van der Waals surface area contributed by atoms with Crippen LogP contribution in [0.4, 0.5) is 0 Å². The molecule has 0 bridgehead atoms. The minimum absolute atomic E-state index is 0.198. The summed E-state index contributed by atoms with van der Waals surface area (Å²) < 4.78 is 18.6. The molecule has 5 rings (SSSR count). The monoisotopic (exact) mass is 514 g/mol. The van der Waals surface area contributed by atoms with Gasteiger partial charge in [-0.15, -0.1) is 0 Å². The van der Waals surface area contributed by atoms with Crippen molar-refractivity contribution in [2.75, 3.05) is 20.8 Å². The molecule has 0 fully saturated rings. The number of rotatable bonds is 6. The largest absolute Gasteiger partial charge is 0.497 e. The van der Waals surface area contributed by atoms with E-state index in [0.717, 1.165) is 16.3 Å². The predicted octanol–water partition coefficient (Wildman–Crippen LogP) is 3.97. The van der Waals surface area contributed by atoms with E-state index in [-0.39, 0.29) is 17.7 Å². The lowest BCUT2D eigenvalue weighted by Crippen LogP contribution is -2.40. The van der Waals surface area contributed by atoms with E-state index in [1.54, 1.807) is 50.8 Å². The van der Waals surface area contributed by atoms with E-state index >= 15 is 0 Å². The van der Waals surface area contributed by atoms with Gasteiger partial charge in [-0.05, 0) is 54.5 Å². The molecule has 188 valence electrons. The van der Waals surface area contributed by atoms with Gasteiger partial charge in [0.05, 0.1) is 36.6 Å². The zero-order valence-corrected chi connectivity index (χ0v) is 21.8. The van der Waals surface area contributed by atoms with E-state index in [1.807, 2.05) is 48.5 Å². The minimum Gasteiger partial charge on any atom is -0.497 e. The van der Waals surface area contributed by atoms with Gasteiger partial charge >= 0.3 is 5.97 Å². The Hall–Kier alpha value is -4.17. The fourth-order valence-corrected chi connectivity index (χ4v) is 5.69. The number of carbonyl (C=O) groups is 1. The number of allylic oxidation sites excluding steroid dienone is 1. The van der Waals surface area contributed by atoms with Crippen molar-refractivity contribution >= 4 is 34.2 Å². The van der Waals surface area contributed by atoms with Crippen LogP contribution in [0.5, 0.6) is 11.5 Å². The number of aromatic nitrogens is 1. The molecule has 8 heteroatoms. The molecule has 1 aromatic heterocycles. The highest BCUT2D eigenvalue weighted by molar-refractivity contribution is 7.07. The van der Waals surface area contributed by atoms with E-state index in [1.165, 1.54) is 11.3 Å². The van der Waals surface area contributed by atoms with Gasteiger partial charge in [-0.1, -0.05) is 53.8 Å². The van der Waals surface area contributed by atoms with Gasteiger partial charge in [-0.2, -0.15) is 0 Å². The fourth-order valence-electron chi connectivity index (χ4n) is 4.66. The van der Waals surface area contributed by atoms with E-state index in [9.17, 15) is 9.59 Å². The summed E-state index contributed by atoms with van der Waals surface area (Å²) in [5.74, 6) is 0.569. The van der Waals surface area contributed by atoms with Crippen LogP contribution in [0.3, 0.4) is 0 Å². The van der Waals surface area contributed by atoms with Gasteiger partial charge in [0, 0.05) is 5.56 Å². The van der Waals surface area contributed by atoms with Gasteiger partial charge < -0.3 is 14.2 Å². The molecule has 1 aliphatic heterocycles. The number of ether oxygens (including phenoxy) is 3. The Balaban J connectivity index is 1.79. The standard InChI is InChI=1S/C29H26N2O5S/c1-5-36-28(33)25-17(2)30-29-31(26(25)22-16-20(34-3)13-14-23(22)35-4)27(32)24(37-29)15-19-11-8-10-18-9-6-7-12-21(18)19/h6-16,26H,5H2,1-4H3/b24-15-/t26-/m0/s1. The van der Waals surface area contributed by atoms with E-state index in [2.05, 4.69) is 4.99 Å². The first kappa shape index (κ1) is 24.5. The molecule has 37 heavy (non-hydrogen) atoms. The third-order valence-electron chi connectivity index (χ3n) is 6.36.